The molecule has 0 bridgehead atoms. The molecule has 1 amide bonds. The van der Waals surface area contributed by atoms with Gasteiger partial charge >= 0.3 is 0 Å². The fraction of sp³-hybridized carbons (Fsp3) is 0.143. The number of aryl methyl sites for hydroxylation is 1. The lowest BCUT2D eigenvalue weighted by molar-refractivity contribution is 0.0950. The number of carbonyl (C=O) groups is 1. The van der Waals surface area contributed by atoms with Gasteiger partial charge in [0.15, 0.2) is 17.1 Å². The molecular formula is C21H17N5O3. The molecule has 0 saturated heterocycles. The number of hydrogen-bond acceptors (Lipinski definition) is 6. The number of pyridine rings is 1. The van der Waals surface area contributed by atoms with Crippen LogP contribution in [0.25, 0.3) is 16.9 Å². The van der Waals surface area contributed by atoms with Crippen LogP contribution in [0, 0.1) is 6.92 Å². The first-order chi connectivity index (χ1) is 14.2. The molecule has 1 aliphatic rings. The van der Waals surface area contributed by atoms with Gasteiger partial charge in [-0.1, -0.05) is 11.3 Å². The molecule has 8 nitrogen and oxygen atoms in total. The summed E-state index contributed by atoms with van der Waals surface area (Å²) in [6, 6.07) is 14.8. The van der Waals surface area contributed by atoms with Gasteiger partial charge in [0, 0.05) is 18.3 Å². The van der Waals surface area contributed by atoms with Crippen LogP contribution >= 0.6 is 0 Å². The Hall–Kier alpha value is -3.94. The quantitative estimate of drug-likeness (QED) is 0.579. The molecule has 1 aliphatic heterocycles. The zero-order valence-electron chi connectivity index (χ0n) is 15.6. The highest BCUT2D eigenvalue weighted by Crippen LogP contribution is 2.32. The van der Waals surface area contributed by atoms with E-state index in [0.29, 0.717) is 23.5 Å². The average molecular weight is 387 g/mol. The van der Waals surface area contributed by atoms with Crippen molar-refractivity contribution < 1.29 is 14.3 Å². The maximum absolute atomic E-state index is 12.6. The SMILES string of the molecule is Cc1cc(C(=O)NCc2ccc3c(c2)OCO3)ccc1-n1nnc2cccnc21. The number of carbonyl (C=O) groups excluding carboxylic acids is 1. The zero-order chi connectivity index (χ0) is 19.8. The lowest BCUT2D eigenvalue weighted by atomic mass is 10.1. The van der Waals surface area contributed by atoms with E-state index in [4.69, 9.17) is 9.47 Å². The van der Waals surface area contributed by atoms with Crippen molar-refractivity contribution in [2.75, 3.05) is 6.79 Å². The van der Waals surface area contributed by atoms with Crippen LogP contribution in [0.1, 0.15) is 21.5 Å². The summed E-state index contributed by atoms with van der Waals surface area (Å²) in [7, 11) is 0. The number of aromatic nitrogens is 4. The van der Waals surface area contributed by atoms with E-state index in [1.54, 1.807) is 16.9 Å². The molecule has 2 aromatic carbocycles. The summed E-state index contributed by atoms with van der Waals surface area (Å²) < 4.78 is 12.4. The molecule has 3 heterocycles. The Balaban J connectivity index is 1.34. The first-order valence-electron chi connectivity index (χ1n) is 9.13. The van der Waals surface area contributed by atoms with Gasteiger partial charge < -0.3 is 14.8 Å². The van der Waals surface area contributed by atoms with Crippen molar-refractivity contribution in [3.8, 4) is 17.2 Å². The topological polar surface area (TPSA) is 91.2 Å². The molecule has 0 saturated carbocycles. The summed E-state index contributed by atoms with van der Waals surface area (Å²) >= 11 is 0. The third-order valence-electron chi connectivity index (χ3n) is 4.79. The van der Waals surface area contributed by atoms with E-state index < -0.39 is 0 Å². The van der Waals surface area contributed by atoms with E-state index >= 15 is 0 Å². The van der Waals surface area contributed by atoms with Crippen LogP contribution in [0.15, 0.2) is 54.7 Å². The average Bonchev–Trinajstić information content (AvgIpc) is 3.38. The number of rotatable bonds is 4. The van der Waals surface area contributed by atoms with Crippen LogP contribution in [0.5, 0.6) is 11.5 Å². The monoisotopic (exact) mass is 387 g/mol. The molecule has 0 aliphatic carbocycles. The van der Waals surface area contributed by atoms with Crippen LogP contribution in [0.2, 0.25) is 0 Å². The minimum absolute atomic E-state index is 0.154. The summed E-state index contributed by atoms with van der Waals surface area (Å²) in [6.07, 6.45) is 1.70. The minimum atomic E-state index is -0.154. The van der Waals surface area contributed by atoms with Gasteiger partial charge in [-0.2, -0.15) is 4.68 Å². The lowest BCUT2D eigenvalue weighted by Gasteiger charge is -2.10. The van der Waals surface area contributed by atoms with Gasteiger partial charge in [-0.15, -0.1) is 5.10 Å². The number of fused-ring (bicyclic) bond motifs is 2. The van der Waals surface area contributed by atoms with E-state index in [2.05, 4.69) is 20.6 Å². The first kappa shape index (κ1) is 17.2. The van der Waals surface area contributed by atoms with Crippen LogP contribution in [0.3, 0.4) is 0 Å². The second kappa shape index (κ2) is 6.90. The van der Waals surface area contributed by atoms with Crippen molar-refractivity contribution >= 4 is 17.1 Å². The Kier molecular flexibility index (Phi) is 4.09. The maximum Gasteiger partial charge on any atom is 0.251 e. The number of hydrogen-bond donors (Lipinski definition) is 1. The van der Waals surface area contributed by atoms with Crippen LogP contribution < -0.4 is 14.8 Å². The second-order valence-electron chi connectivity index (χ2n) is 6.72. The summed E-state index contributed by atoms with van der Waals surface area (Å²) in [5.74, 6) is 1.27. The number of nitrogens with one attached hydrogen (secondary N) is 1. The molecule has 29 heavy (non-hydrogen) atoms. The summed E-state index contributed by atoms with van der Waals surface area (Å²) in [4.78, 5) is 16.9. The van der Waals surface area contributed by atoms with Crippen molar-refractivity contribution in [3.63, 3.8) is 0 Å². The van der Waals surface area contributed by atoms with E-state index in [0.717, 1.165) is 28.1 Å². The van der Waals surface area contributed by atoms with Gasteiger partial charge in [0.05, 0.1) is 5.69 Å². The molecular weight excluding hydrogens is 370 g/mol. The molecule has 144 valence electrons. The van der Waals surface area contributed by atoms with E-state index in [-0.39, 0.29) is 12.7 Å². The van der Waals surface area contributed by atoms with E-state index in [1.807, 2.05) is 49.4 Å². The van der Waals surface area contributed by atoms with Crippen molar-refractivity contribution in [2.45, 2.75) is 13.5 Å². The first-order valence-corrected chi connectivity index (χ1v) is 9.13. The standard InChI is InChI=1S/C21H17N5O3/c1-13-9-15(5-6-17(13)26-20-16(24-25-26)3-2-8-22-20)21(27)23-11-14-4-7-18-19(10-14)29-12-28-18/h2-10H,11-12H2,1H3,(H,23,27). The highest BCUT2D eigenvalue weighted by Gasteiger charge is 2.15. The van der Waals surface area contributed by atoms with E-state index in [9.17, 15) is 4.79 Å². The molecule has 0 spiro atoms. The molecule has 8 heteroatoms. The van der Waals surface area contributed by atoms with Gasteiger partial charge in [-0.25, -0.2) is 4.98 Å². The molecule has 2 aromatic heterocycles. The Morgan fingerprint density at radius 3 is 2.93 bits per heavy atom. The zero-order valence-corrected chi connectivity index (χ0v) is 15.6. The largest absolute Gasteiger partial charge is 0.454 e. The molecule has 0 fully saturated rings. The maximum atomic E-state index is 12.6. The van der Waals surface area contributed by atoms with E-state index in [1.165, 1.54) is 0 Å². The third kappa shape index (κ3) is 3.14. The Labute approximate surface area is 166 Å². The lowest BCUT2D eigenvalue weighted by Crippen LogP contribution is -2.23. The fourth-order valence-corrected chi connectivity index (χ4v) is 3.30. The van der Waals surface area contributed by atoms with Crippen molar-refractivity contribution in [1.82, 2.24) is 25.3 Å². The summed E-state index contributed by atoms with van der Waals surface area (Å²) in [5, 5.41) is 11.3. The Morgan fingerprint density at radius 1 is 1.14 bits per heavy atom. The number of nitrogens with zero attached hydrogens (tertiary/aromatic N) is 4. The van der Waals surface area contributed by atoms with Gasteiger partial charge in [-0.05, 0) is 60.5 Å². The van der Waals surface area contributed by atoms with Gasteiger partial charge in [0.25, 0.3) is 5.91 Å². The predicted octanol–water partition coefficient (Wildman–Crippen LogP) is 2.78. The number of benzene rings is 2. The predicted molar refractivity (Wildman–Crippen MR) is 105 cm³/mol. The van der Waals surface area contributed by atoms with Gasteiger partial charge in [0.2, 0.25) is 6.79 Å². The minimum Gasteiger partial charge on any atom is -0.454 e. The number of amides is 1. The van der Waals surface area contributed by atoms with Gasteiger partial charge in [0.1, 0.15) is 5.52 Å². The van der Waals surface area contributed by atoms with Crippen LogP contribution in [0.4, 0.5) is 0 Å². The second-order valence-corrected chi connectivity index (χ2v) is 6.72. The Morgan fingerprint density at radius 2 is 2.03 bits per heavy atom. The normalized spacial score (nSPS) is 12.3. The highest BCUT2D eigenvalue weighted by atomic mass is 16.7. The van der Waals surface area contributed by atoms with Crippen molar-refractivity contribution in [2.24, 2.45) is 0 Å². The molecule has 0 unspecified atom stereocenters. The summed E-state index contributed by atoms with van der Waals surface area (Å²) in [6.45, 7) is 2.56. The van der Waals surface area contributed by atoms with Crippen LogP contribution in [-0.4, -0.2) is 32.7 Å². The van der Waals surface area contributed by atoms with Crippen LogP contribution in [-0.2, 0) is 6.54 Å². The van der Waals surface area contributed by atoms with Crippen molar-refractivity contribution in [3.05, 3.63) is 71.4 Å². The molecule has 5 rings (SSSR count). The molecule has 0 radical (unpaired) electrons. The van der Waals surface area contributed by atoms with Crippen molar-refractivity contribution in [1.29, 1.82) is 0 Å². The number of ether oxygens (including phenoxy) is 2. The highest BCUT2D eigenvalue weighted by molar-refractivity contribution is 5.94. The van der Waals surface area contributed by atoms with Gasteiger partial charge in [-0.3, -0.25) is 4.79 Å². The summed E-state index contributed by atoms with van der Waals surface area (Å²) in [5.41, 5.74) is 4.64. The molecule has 1 N–H and O–H groups in total. The molecule has 4 aromatic rings. The third-order valence-corrected chi connectivity index (χ3v) is 4.79. The Bertz CT molecular complexity index is 1230. The fourth-order valence-electron chi connectivity index (χ4n) is 3.30. The smallest absolute Gasteiger partial charge is 0.251 e. The molecule has 0 atom stereocenters.